The van der Waals surface area contributed by atoms with Crippen molar-refractivity contribution >= 4 is 29.1 Å². The highest BCUT2D eigenvalue weighted by atomic mass is 32.2. The molecule has 7 heteroatoms. The molecule has 22 heavy (non-hydrogen) atoms. The van der Waals surface area contributed by atoms with Crippen molar-refractivity contribution < 1.29 is 9.59 Å². The highest BCUT2D eigenvalue weighted by molar-refractivity contribution is 8.00. The van der Waals surface area contributed by atoms with Gasteiger partial charge in [-0.15, -0.1) is 0 Å². The van der Waals surface area contributed by atoms with Crippen molar-refractivity contribution in [2.45, 2.75) is 24.3 Å². The first kappa shape index (κ1) is 16.0. The Labute approximate surface area is 131 Å². The van der Waals surface area contributed by atoms with Gasteiger partial charge in [0.15, 0.2) is 10.9 Å². The molecule has 1 aromatic heterocycles. The largest absolute Gasteiger partial charge is 0.325 e. The van der Waals surface area contributed by atoms with E-state index >= 15 is 0 Å². The Hall–Kier alpha value is -2.41. The van der Waals surface area contributed by atoms with Crippen molar-refractivity contribution in [3.8, 4) is 0 Å². The molecule has 0 saturated heterocycles. The second-order valence-corrected chi connectivity index (χ2v) is 5.95. The Kier molecular flexibility index (Phi) is 5.11. The fraction of sp³-hybridized carbons (Fsp3) is 0.200. The first-order chi connectivity index (χ1) is 10.5. The van der Waals surface area contributed by atoms with Gasteiger partial charge in [0.05, 0.1) is 5.25 Å². The minimum Gasteiger partial charge on any atom is -0.325 e. The first-order valence-electron chi connectivity index (χ1n) is 6.59. The predicted octanol–water partition coefficient (Wildman–Crippen LogP) is 2.09. The van der Waals surface area contributed by atoms with Gasteiger partial charge in [-0.1, -0.05) is 11.8 Å². The molecular weight excluding hydrogens is 302 g/mol. The zero-order valence-corrected chi connectivity index (χ0v) is 12.9. The lowest BCUT2D eigenvalue weighted by atomic mass is 10.1. The first-order valence-corrected chi connectivity index (χ1v) is 7.47. The Morgan fingerprint density at radius 3 is 2.50 bits per heavy atom. The van der Waals surface area contributed by atoms with E-state index in [-0.39, 0.29) is 17.2 Å². The lowest BCUT2D eigenvalue weighted by molar-refractivity contribution is -0.115. The number of nitrogens with zero attached hydrogens (tertiary/aromatic N) is 1. The lowest BCUT2D eigenvalue weighted by Gasteiger charge is -2.11. The zero-order valence-electron chi connectivity index (χ0n) is 12.1. The molecule has 0 aliphatic carbocycles. The molecular formula is C15H15N3O3S. The predicted molar refractivity (Wildman–Crippen MR) is 85.3 cm³/mol. The van der Waals surface area contributed by atoms with Gasteiger partial charge in [0, 0.05) is 23.5 Å². The van der Waals surface area contributed by atoms with E-state index in [9.17, 15) is 14.4 Å². The minimum atomic E-state index is -0.432. The van der Waals surface area contributed by atoms with E-state index < -0.39 is 5.25 Å². The molecule has 0 aliphatic heterocycles. The highest BCUT2D eigenvalue weighted by Crippen LogP contribution is 2.19. The highest BCUT2D eigenvalue weighted by Gasteiger charge is 2.15. The molecule has 114 valence electrons. The summed E-state index contributed by atoms with van der Waals surface area (Å²) in [6.45, 7) is 3.21. The number of ketones is 1. The molecule has 0 aliphatic rings. The van der Waals surface area contributed by atoms with E-state index in [2.05, 4.69) is 15.3 Å². The molecule has 6 nitrogen and oxygen atoms in total. The number of hydrogen-bond donors (Lipinski definition) is 2. The molecule has 0 fully saturated rings. The Bertz CT molecular complexity index is 740. The number of rotatable bonds is 5. The van der Waals surface area contributed by atoms with Gasteiger partial charge in [0.1, 0.15) is 0 Å². The van der Waals surface area contributed by atoms with Crippen LogP contribution in [0, 0.1) is 0 Å². The third-order valence-corrected chi connectivity index (χ3v) is 3.86. The molecule has 2 rings (SSSR count). The van der Waals surface area contributed by atoms with Crippen LogP contribution in [0.4, 0.5) is 5.69 Å². The van der Waals surface area contributed by atoms with Gasteiger partial charge in [-0.25, -0.2) is 4.98 Å². The smallest absolute Gasteiger partial charge is 0.251 e. The number of aromatic amines is 1. The van der Waals surface area contributed by atoms with Crippen LogP contribution in [0.25, 0.3) is 0 Å². The number of carbonyl (C=O) groups is 2. The monoisotopic (exact) mass is 317 g/mol. The number of amides is 1. The minimum absolute atomic E-state index is 0.0269. The van der Waals surface area contributed by atoms with Crippen molar-refractivity contribution in [2.24, 2.45) is 0 Å². The van der Waals surface area contributed by atoms with Gasteiger partial charge in [0.25, 0.3) is 5.56 Å². The Morgan fingerprint density at radius 2 is 1.91 bits per heavy atom. The fourth-order valence-electron chi connectivity index (χ4n) is 1.67. The molecule has 0 bridgehead atoms. The van der Waals surface area contributed by atoms with Crippen molar-refractivity contribution in [3.63, 3.8) is 0 Å². The molecule has 0 saturated carbocycles. The number of Topliss-reactive ketones (excluding diaryl/α,β-unsaturated/α-hetero) is 1. The number of aromatic nitrogens is 2. The van der Waals surface area contributed by atoms with Crippen LogP contribution in [0.2, 0.25) is 0 Å². The van der Waals surface area contributed by atoms with E-state index in [0.717, 1.165) is 11.8 Å². The fourth-order valence-corrected chi connectivity index (χ4v) is 2.45. The van der Waals surface area contributed by atoms with E-state index in [1.54, 1.807) is 31.2 Å². The van der Waals surface area contributed by atoms with Crippen LogP contribution in [0.3, 0.4) is 0 Å². The van der Waals surface area contributed by atoms with Crippen LogP contribution >= 0.6 is 11.8 Å². The van der Waals surface area contributed by atoms with Crippen LogP contribution in [-0.2, 0) is 4.79 Å². The number of anilines is 1. The number of nitrogens with one attached hydrogen (secondary N) is 2. The standard InChI is InChI=1S/C15H15N3O3S/c1-9(19)11-3-5-12(6-4-11)17-14(21)10(2)22-15-16-8-7-13(20)18-15/h3-8,10H,1-2H3,(H,17,21)(H,16,18,20). The summed E-state index contributed by atoms with van der Waals surface area (Å²) in [7, 11) is 0. The van der Waals surface area contributed by atoms with Crippen molar-refractivity contribution in [3.05, 3.63) is 52.4 Å². The summed E-state index contributed by atoms with van der Waals surface area (Å²) in [6.07, 6.45) is 1.40. The van der Waals surface area contributed by atoms with Crippen LogP contribution in [0.1, 0.15) is 24.2 Å². The molecule has 2 N–H and O–H groups in total. The number of benzene rings is 1. The summed E-state index contributed by atoms with van der Waals surface area (Å²) in [4.78, 5) is 41.0. The topological polar surface area (TPSA) is 91.9 Å². The second kappa shape index (κ2) is 7.04. The number of H-pyrrole nitrogens is 1. The Balaban J connectivity index is 1.99. The number of hydrogen-bond acceptors (Lipinski definition) is 5. The van der Waals surface area contributed by atoms with Crippen molar-refractivity contribution in [2.75, 3.05) is 5.32 Å². The quantitative estimate of drug-likeness (QED) is 0.500. The van der Waals surface area contributed by atoms with E-state index in [1.807, 2.05) is 0 Å². The van der Waals surface area contributed by atoms with E-state index in [0.29, 0.717) is 16.4 Å². The second-order valence-electron chi connectivity index (χ2n) is 4.62. The van der Waals surface area contributed by atoms with Crippen molar-refractivity contribution in [1.82, 2.24) is 9.97 Å². The molecule has 0 radical (unpaired) electrons. The van der Waals surface area contributed by atoms with Gasteiger partial charge < -0.3 is 10.3 Å². The van der Waals surface area contributed by atoms with Gasteiger partial charge >= 0.3 is 0 Å². The van der Waals surface area contributed by atoms with Gasteiger partial charge in [-0.2, -0.15) is 0 Å². The molecule has 1 unspecified atom stereocenters. The third-order valence-electron chi connectivity index (χ3n) is 2.86. The van der Waals surface area contributed by atoms with Gasteiger partial charge in [-0.05, 0) is 38.1 Å². The summed E-state index contributed by atoms with van der Waals surface area (Å²) in [5.41, 5.74) is 0.938. The van der Waals surface area contributed by atoms with Crippen LogP contribution < -0.4 is 10.9 Å². The molecule has 0 spiro atoms. The molecule has 1 heterocycles. The third kappa shape index (κ3) is 4.29. The molecule has 1 atom stereocenters. The molecule has 1 aromatic carbocycles. The number of carbonyl (C=O) groups excluding carboxylic acids is 2. The SMILES string of the molecule is CC(=O)c1ccc(NC(=O)C(C)Sc2nccc(=O)[nH]2)cc1. The van der Waals surface area contributed by atoms with Crippen molar-refractivity contribution in [1.29, 1.82) is 0 Å². The normalized spacial score (nSPS) is 11.7. The maximum Gasteiger partial charge on any atom is 0.251 e. The maximum atomic E-state index is 12.1. The summed E-state index contributed by atoms with van der Waals surface area (Å²) in [5.74, 6) is -0.243. The molecule has 2 aromatic rings. The van der Waals surface area contributed by atoms with Crippen LogP contribution in [-0.4, -0.2) is 26.9 Å². The average molecular weight is 317 g/mol. The molecule has 1 amide bonds. The van der Waals surface area contributed by atoms with Crippen LogP contribution in [0.15, 0.2) is 46.5 Å². The summed E-state index contributed by atoms with van der Waals surface area (Å²) in [6, 6.07) is 7.98. The van der Waals surface area contributed by atoms with Crippen LogP contribution in [0.5, 0.6) is 0 Å². The van der Waals surface area contributed by atoms with E-state index in [1.165, 1.54) is 19.2 Å². The lowest BCUT2D eigenvalue weighted by Crippen LogP contribution is -2.23. The zero-order chi connectivity index (χ0) is 16.1. The van der Waals surface area contributed by atoms with E-state index in [4.69, 9.17) is 0 Å². The summed E-state index contributed by atoms with van der Waals surface area (Å²) < 4.78 is 0. The summed E-state index contributed by atoms with van der Waals surface area (Å²) in [5, 5.41) is 2.71. The maximum absolute atomic E-state index is 12.1. The number of thioether (sulfide) groups is 1. The average Bonchev–Trinajstić information content (AvgIpc) is 2.47. The van der Waals surface area contributed by atoms with Gasteiger partial charge in [0.2, 0.25) is 5.91 Å². The summed E-state index contributed by atoms with van der Waals surface area (Å²) >= 11 is 1.16. The Morgan fingerprint density at radius 1 is 1.23 bits per heavy atom. The van der Waals surface area contributed by atoms with Gasteiger partial charge in [-0.3, -0.25) is 14.4 Å².